The van der Waals surface area contributed by atoms with Gasteiger partial charge >= 0.3 is 0 Å². The van der Waals surface area contributed by atoms with E-state index in [2.05, 4.69) is 12.6 Å². The molecule has 0 N–H and O–H groups in total. The van der Waals surface area contributed by atoms with Crippen LogP contribution in [0.1, 0.15) is 27.2 Å². The first-order valence-corrected chi connectivity index (χ1v) is 4.40. The lowest BCUT2D eigenvalue weighted by Gasteiger charge is -2.31. The molecule has 0 aromatic heterocycles. The van der Waals surface area contributed by atoms with E-state index in [-0.39, 0.29) is 11.4 Å². The fourth-order valence-electron chi connectivity index (χ4n) is 0.637. The number of amides is 1. The number of carbonyl (C=O) groups is 1. The first-order chi connectivity index (χ1) is 4.89. The molecule has 0 heterocycles. The van der Waals surface area contributed by atoms with Crippen molar-refractivity contribution in [3.63, 3.8) is 0 Å². The Hall–Kier alpha value is -0.180. The zero-order chi connectivity index (χ0) is 9.07. The molecule has 0 saturated carbocycles. The summed E-state index contributed by atoms with van der Waals surface area (Å²) in [5, 5.41) is 0. The van der Waals surface area contributed by atoms with Gasteiger partial charge in [0.15, 0.2) is 0 Å². The Morgan fingerprint density at radius 2 is 1.91 bits per heavy atom. The normalized spacial score (nSPS) is 11.4. The number of nitrogens with zero attached hydrogens (tertiary/aromatic N) is 1. The molecular weight excluding hydrogens is 158 g/mol. The van der Waals surface area contributed by atoms with Crippen LogP contribution in [0.2, 0.25) is 0 Å². The van der Waals surface area contributed by atoms with Crippen LogP contribution in [0.25, 0.3) is 0 Å². The van der Waals surface area contributed by atoms with Gasteiger partial charge in [-0.2, -0.15) is 12.6 Å². The minimum atomic E-state index is -0.0694. The minimum absolute atomic E-state index is 0.0694. The Balaban J connectivity index is 4.03. The second-order valence-corrected chi connectivity index (χ2v) is 4.04. The van der Waals surface area contributed by atoms with Crippen molar-refractivity contribution in [3.05, 3.63) is 0 Å². The molecule has 2 nitrogen and oxygen atoms in total. The molecular formula is C8H17NOS. The predicted octanol–water partition coefficient (Wildman–Crippen LogP) is 1.56. The third-order valence-corrected chi connectivity index (χ3v) is 1.93. The predicted molar refractivity (Wildman–Crippen MR) is 51.0 cm³/mol. The van der Waals surface area contributed by atoms with Crippen LogP contribution in [0.4, 0.5) is 0 Å². The summed E-state index contributed by atoms with van der Waals surface area (Å²) in [6.45, 7) is 6.05. The van der Waals surface area contributed by atoms with E-state index in [0.717, 1.165) is 0 Å². The third kappa shape index (κ3) is 3.65. The second-order valence-electron chi connectivity index (χ2n) is 3.60. The van der Waals surface area contributed by atoms with Crippen LogP contribution in [0.3, 0.4) is 0 Å². The van der Waals surface area contributed by atoms with Gasteiger partial charge in [0.2, 0.25) is 5.91 Å². The SMILES string of the molecule is CN(C(=O)CCS)C(C)(C)C. The van der Waals surface area contributed by atoms with Crippen molar-refractivity contribution in [1.29, 1.82) is 0 Å². The van der Waals surface area contributed by atoms with Gasteiger partial charge < -0.3 is 4.90 Å². The molecule has 0 radical (unpaired) electrons. The van der Waals surface area contributed by atoms with Gasteiger partial charge in [-0.15, -0.1) is 0 Å². The fourth-order valence-corrected chi connectivity index (χ4v) is 0.829. The summed E-state index contributed by atoms with van der Waals surface area (Å²) in [5.74, 6) is 0.784. The van der Waals surface area contributed by atoms with Crippen LogP contribution in [-0.2, 0) is 4.79 Å². The molecule has 0 fully saturated rings. The number of thiol groups is 1. The van der Waals surface area contributed by atoms with Crippen LogP contribution < -0.4 is 0 Å². The third-order valence-electron chi connectivity index (χ3n) is 1.71. The molecule has 1 amide bonds. The first-order valence-electron chi connectivity index (χ1n) is 3.77. The Kier molecular flexibility index (Phi) is 3.93. The lowest BCUT2D eigenvalue weighted by atomic mass is 10.1. The van der Waals surface area contributed by atoms with E-state index < -0.39 is 0 Å². The molecule has 0 saturated heterocycles. The molecule has 3 heteroatoms. The summed E-state index contributed by atoms with van der Waals surface area (Å²) in [7, 11) is 1.83. The Bertz CT molecular complexity index is 140. The van der Waals surface area contributed by atoms with Crippen LogP contribution in [0.5, 0.6) is 0 Å². The number of rotatable bonds is 2. The maximum Gasteiger partial charge on any atom is 0.223 e. The smallest absolute Gasteiger partial charge is 0.223 e. The van der Waals surface area contributed by atoms with Crippen molar-refractivity contribution in [3.8, 4) is 0 Å². The van der Waals surface area contributed by atoms with Crippen molar-refractivity contribution in [1.82, 2.24) is 4.90 Å². The van der Waals surface area contributed by atoms with E-state index in [1.54, 1.807) is 4.90 Å². The van der Waals surface area contributed by atoms with Crippen molar-refractivity contribution in [2.75, 3.05) is 12.8 Å². The standard InChI is InChI=1S/C8H17NOS/c1-8(2,3)9(4)7(10)5-6-11/h11H,5-6H2,1-4H3. The van der Waals surface area contributed by atoms with Crippen LogP contribution in [0.15, 0.2) is 0 Å². The molecule has 66 valence electrons. The topological polar surface area (TPSA) is 20.3 Å². The molecule has 0 aliphatic carbocycles. The number of hydrogen-bond acceptors (Lipinski definition) is 2. The summed E-state index contributed by atoms with van der Waals surface area (Å²) in [4.78, 5) is 13.0. The summed E-state index contributed by atoms with van der Waals surface area (Å²) in [6.07, 6.45) is 0.525. The highest BCUT2D eigenvalue weighted by molar-refractivity contribution is 7.80. The average Bonchev–Trinajstić information content (AvgIpc) is 1.85. The lowest BCUT2D eigenvalue weighted by molar-refractivity contribution is -0.133. The van der Waals surface area contributed by atoms with Gasteiger partial charge in [0.25, 0.3) is 0 Å². The molecule has 0 aromatic rings. The van der Waals surface area contributed by atoms with Crippen molar-refractivity contribution in [2.45, 2.75) is 32.7 Å². The van der Waals surface area contributed by atoms with Gasteiger partial charge in [-0.1, -0.05) is 0 Å². The lowest BCUT2D eigenvalue weighted by Crippen LogP contribution is -2.42. The van der Waals surface area contributed by atoms with Gasteiger partial charge in [0, 0.05) is 19.0 Å². The Morgan fingerprint density at radius 1 is 1.45 bits per heavy atom. The highest BCUT2D eigenvalue weighted by atomic mass is 32.1. The summed E-state index contributed by atoms with van der Waals surface area (Å²) in [6, 6.07) is 0. The molecule has 11 heavy (non-hydrogen) atoms. The second kappa shape index (κ2) is 4.00. The Morgan fingerprint density at radius 3 is 2.18 bits per heavy atom. The molecule has 0 spiro atoms. The number of hydrogen-bond donors (Lipinski definition) is 1. The maximum atomic E-state index is 11.3. The van der Waals surface area contributed by atoms with Gasteiger partial charge in [0.05, 0.1) is 0 Å². The van der Waals surface area contributed by atoms with Crippen molar-refractivity contribution in [2.24, 2.45) is 0 Å². The van der Waals surface area contributed by atoms with E-state index in [0.29, 0.717) is 12.2 Å². The Labute approximate surface area is 74.4 Å². The van der Waals surface area contributed by atoms with E-state index in [1.165, 1.54) is 0 Å². The first kappa shape index (κ1) is 10.8. The zero-order valence-electron chi connectivity index (χ0n) is 7.72. The van der Waals surface area contributed by atoms with Gasteiger partial charge in [-0.05, 0) is 26.5 Å². The fraction of sp³-hybridized carbons (Fsp3) is 0.875. The quantitative estimate of drug-likeness (QED) is 0.632. The number of carbonyl (C=O) groups excluding carboxylic acids is 1. The van der Waals surface area contributed by atoms with Crippen molar-refractivity contribution >= 4 is 18.5 Å². The summed E-state index contributed by atoms with van der Waals surface area (Å²) >= 11 is 4.00. The summed E-state index contributed by atoms with van der Waals surface area (Å²) < 4.78 is 0. The largest absolute Gasteiger partial charge is 0.341 e. The monoisotopic (exact) mass is 175 g/mol. The molecule has 0 unspecified atom stereocenters. The maximum absolute atomic E-state index is 11.3. The van der Waals surface area contributed by atoms with E-state index in [1.807, 2.05) is 27.8 Å². The molecule has 0 aromatic carbocycles. The average molecular weight is 175 g/mol. The van der Waals surface area contributed by atoms with Gasteiger partial charge in [-0.25, -0.2) is 0 Å². The van der Waals surface area contributed by atoms with Crippen LogP contribution in [0, 0.1) is 0 Å². The zero-order valence-corrected chi connectivity index (χ0v) is 8.61. The summed E-state index contributed by atoms with van der Waals surface area (Å²) in [5.41, 5.74) is -0.0694. The molecule has 0 bridgehead atoms. The van der Waals surface area contributed by atoms with Crippen LogP contribution in [-0.4, -0.2) is 29.1 Å². The van der Waals surface area contributed by atoms with E-state index in [9.17, 15) is 4.79 Å². The van der Waals surface area contributed by atoms with E-state index in [4.69, 9.17) is 0 Å². The molecule has 0 rings (SSSR count). The highest BCUT2D eigenvalue weighted by Gasteiger charge is 2.20. The van der Waals surface area contributed by atoms with Crippen molar-refractivity contribution < 1.29 is 4.79 Å². The highest BCUT2D eigenvalue weighted by Crippen LogP contribution is 2.11. The molecule has 0 atom stereocenters. The molecule has 0 aliphatic heterocycles. The van der Waals surface area contributed by atoms with Gasteiger partial charge in [-0.3, -0.25) is 4.79 Å². The van der Waals surface area contributed by atoms with E-state index >= 15 is 0 Å². The van der Waals surface area contributed by atoms with Crippen LogP contribution >= 0.6 is 12.6 Å². The molecule has 0 aliphatic rings. The van der Waals surface area contributed by atoms with Gasteiger partial charge in [0.1, 0.15) is 0 Å². The minimum Gasteiger partial charge on any atom is -0.341 e.